The Labute approximate surface area is 78.7 Å². The molecule has 1 rings (SSSR count). The van der Waals surface area contributed by atoms with Crippen LogP contribution in [0, 0.1) is 0 Å². The van der Waals surface area contributed by atoms with Gasteiger partial charge in [0.2, 0.25) is 5.91 Å². The first-order valence-electron chi connectivity index (χ1n) is 4.74. The van der Waals surface area contributed by atoms with Gasteiger partial charge in [-0.15, -0.1) is 0 Å². The molecule has 0 aromatic carbocycles. The Hall–Kier alpha value is -0.610. The molecule has 0 heterocycles. The SMILES string of the molecule is CNC(=O)C(C)NC1(CO)CCC1. The van der Waals surface area contributed by atoms with E-state index in [1.54, 1.807) is 7.05 Å². The lowest BCUT2D eigenvalue weighted by atomic mass is 9.77. The summed E-state index contributed by atoms with van der Waals surface area (Å²) in [5, 5.41) is 14.9. The number of hydrogen-bond donors (Lipinski definition) is 3. The molecule has 1 saturated carbocycles. The second kappa shape index (κ2) is 4.07. The van der Waals surface area contributed by atoms with E-state index < -0.39 is 0 Å². The maximum atomic E-state index is 11.2. The molecule has 76 valence electrons. The molecule has 0 radical (unpaired) electrons. The number of nitrogens with one attached hydrogen (secondary N) is 2. The van der Waals surface area contributed by atoms with Crippen molar-refractivity contribution in [2.75, 3.05) is 13.7 Å². The monoisotopic (exact) mass is 186 g/mol. The van der Waals surface area contributed by atoms with Gasteiger partial charge in [0.05, 0.1) is 12.6 Å². The fourth-order valence-corrected chi connectivity index (χ4v) is 1.69. The Bertz CT molecular complexity index is 185. The molecule has 1 unspecified atom stereocenters. The van der Waals surface area contributed by atoms with Crippen LogP contribution in [0.25, 0.3) is 0 Å². The molecule has 0 spiro atoms. The van der Waals surface area contributed by atoms with Crippen molar-refractivity contribution in [1.29, 1.82) is 0 Å². The van der Waals surface area contributed by atoms with Crippen LogP contribution in [0.1, 0.15) is 26.2 Å². The molecule has 0 saturated heterocycles. The molecule has 0 bridgehead atoms. The highest BCUT2D eigenvalue weighted by Gasteiger charge is 2.37. The van der Waals surface area contributed by atoms with Crippen LogP contribution in [-0.4, -0.2) is 36.2 Å². The van der Waals surface area contributed by atoms with Crippen LogP contribution in [0.2, 0.25) is 0 Å². The molecular formula is C9H18N2O2. The lowest BCUT2D eigenvalue weighted by Crippen LogP contribution is -2.59. The zero-order valence-electron chi connectivity index (χ0n) is 8.26. The van der Waals surface area contributed by atoms with Gasteiger partial charge in [-0.25, -0.2) is 0 Å². The topological polar surface area (TPSA) is 61.4 Å². The Balaban J connectivity index is 2.42. The van der Waals surface area contributed by atoms with Crippen LogP contribution in [0.5, 0.6) is 0 Å². The number of hydrogen-bond acceptors (Lipinski definition) is 3. The molecule has 0 aromatic rings. The number of aliphatic hydroxyl groups is 1. The Morgan fingerprint density at radius 1 is 1.62 bits per heavy atom. The number of amides is 1. The summed E-state index contributed by atoms with van der Waals surface area (Å²) in [6.07, 6.45) is 3.06. The van der Waals surface area contributed by atoms with E-state index in [2.05, 4.69) is 10.6 Å². The lowest BCUT2D eigenvalue weighted by molar-refractivity contribution is -0.123. The van der Waals surface area contributed by atoms with E-state index in [1.165, 1.54) is 0 Å². The standard InChI is InChI=1S/C9H18N2O2/c1-7(8(13)10-2)11-9(6-12)4-3-5-9/h7,11-12H,3-6H2,1-2H3,(H,10,13). The van der Waals surface area contributed by atoms with Crippen LogP contribution < -0.4 is 10.6 Å². The summed E-state index contributed by atoms with van der Waals surface area (Å²) in [4.78, 5) is 11.2. The van der Waals surface area contributed by atoms with Crippen LogP contribution >= 0.6 is 0 Å². The molecule has 1 atom stereocenters. The van der Waals surface area contributed by atoms with Crippen LogP contribution in [0.3, 0.4) is 0 Å². The first-order valence-corrected chi connectivity index (χ1v) is 4.74. The number of likely N-dealkylation sites (N-methyl/N-ethyl adjacent to an activating group) is 1. The number of aliphatic hydroxyl groups excluding tert-OH is 1. The maximum Gasteiger partial charge on any atom is 0.236 e. The van der Waals surface area contributed by atoms with Gasteiger partial charge < -0.3 is 10.4 Å². The van der Waals surface area contributed by atoms with E-state index >= 15 is 0 Å². The van der Waals surface area contributed by atoms with Crippen LogP contribution in [-0.2, 0) is 4.79 Å². The summed E-state index contributed by atoms with van der Waals surface area (Å²) in [5.41, 5.74) is -0.189. The third-order valence-electron chi connectivity index (χ3n) is 2.78. The molecule has 1 aliphatic rings. The van der Waals surface area contributed by atoms with Gasteiger partial charge in [-0.05, 0) is 26.2 Å². The quantitative estimate of drug-likeness (QED) is 0.561. The van der Waals surface area contributed by atoms with Crippen molar-refractivity contribution in [2.45, 2.75) is 37.8 Å². The summed E-state index contributed by atoms with van der Waals surface area (Å²) < 4.78 is 0. The number of carbonyl (C=O) groups is 1. The summed E-state index contributed by atoms with van der Waals surface area (Å²) in [6.45, 7) is 1.93. The molecule has 3 N–H and O–H groups in total. The third kappa shape index (κ3) is 2.19. The highest BCUT2D eigenvalue weighted by Crippen LogP contribution is 2.31. The fraction of sp³-hybridized carbons (Fsp3) is 0.889. The van der Waals surface area contributed by atoms with Gasteiger partial charge in [-0.2, -0.15) is 0 Å². The molecule has 1 aliphatic carbocycles. The van der Waals surface area contributed by atoms with Gasteiger partial charge in [0.1, 0.15) is 0 Å². The number of carbonyl (C=O) groups excluding carboxylic acids is 1. The van der Waals surface area contributed by atoms with Gasteiger partial charge >= 0.3 is 0 Å². The van der Waals surface area contributed by atoms with Crippen molar-refractivity contribution in [2.24, 2.45) is 0 Å². The van der Waals surface area contributed by atoms with Crippen molar-refractivity contribution < 1.29 is 9.90 Å². The molecule has 13 heavy (non-hydrogen) atoms. The van der Waals surface area contributed by atoms with Crippen molar-refractivity contribution in [3.63, 3.8) is 0 Å². The van der Waals surface area contributed by atoms with Gasteiger partial charge in [-0.1, -0.05) is 0 Å². The van der Waals surface area contributed by atoms with E-state index in [1.807, 2.05) is 6.92 Å². The van der Waals surface area contributed by atoms with Crippen LogP contribution in [0.15, 0.2) is 0 Å². The molecule has 1 amide bonds. The summed E-state index contributed by atoms with van der Waals surface area (Å²) >= 11 is 0. The van der Waals surface area contributed by atoms with E-state index in [0.717, 1.165) is 19.3 Å². The van der Waals surface area contributed by atoms with E-state index in [9.17, 15) is 4.79 Å². The van der Waals surface area contributed by atoms with E-state index in [-0.39, 0.29) is 24.1 Å². The average Bonchev–Trinajstić information content (AvgIpc) is 2.09. The van der Waals surface area contributed by atoms with E-state index in [4.69, 9.17) is 5.11 Å². The highest BCUT2D eigenvalue weighted by atomic mass is 16.3. The first-order chi connectivity index (χ1) is 6.13. The van der Waals surface area contributed by atoms with Crippen molar-refractivity contribution in [1.82, 2.24) is 10.6 Å². The minimum absolute atomic E-state index is 0.0280. The molecule has 0 aromatic heterocycles. The number of rotatable bonds is 4. The molecule has 0 aliphatic heterocycles. The zero-order chi connectivity index (χ0) is 9.90. The minimum atomic E-state index is -0.225. The summed E-state index contributed by atoms with van der Waals surface area (Å²) in [7, 11) is 1.62. The molecule has 1 fully saturated rings. The Morgan fingerprint density at radius 3 is 2.54 bits per heavy atom. The summed E-state index contributed by atoms with van der Waals surface area (Å²) in [6, 6.07) is -0.225. The largest absolute Gasteiger partial charge is 0.394 e. The highest BCUT2D eigenvalue weighted by molar-refractivity contribution is 5.81. The second-order valence-corrected chi connectivity index (χ2v) is 3.77. The maximum absolute atomic E-state index is 11.2. The Kier molecular flexibility index (Phi) is 3.27. The molecule has 4 nitrogen and oxygen atoms in total. The normalized spacial score (nSPS) is 21.8. The predicted octanol–water partition coefficient (Wildman–Crippen LogP) is -0.374. The van der Waals surface area contributed by atoms with Crippen molar-refractivity contribution in [3.8, 4) is 0 Å². The molecular weight excluding hydrogens is 168 g/mol. The van der Waals surface area contributed by atoms with Gasteiger partial charge in [-0.3, -0.25) is 10.1 Å². The lowest BCUT2D eigenvalue weighted by Gasteiger charge is -2.42. The smallest absolute Gasteiger partial charge is 0.236 e. The second-order valence-electron chi connectivity index (χ2n) is 3.77. The van der Waals surface area contributed by atoms with E-state index in [0.29, 0.717) is 0 Å². The minimum Gasteiger partial charge on any atom is -0.394 e. The van der Waals surface area contributed by atoms with Crippen molar-refractivity contribution in [3.05, 3.63) is 0 Å². The third-order valence-corrected chi connectivity index (χ3v) is 2.78. The molecule has 4 heteroatoms. The predicted molar refractivity (Wildman–Crippen MR) is 50.3 cm³/mol. The first kappa shape index (κ1) is 10.5. The fourth-order valence-electron chi connectivity index (χ4n) is 1.69. The van der Waals surface area contributed by atoms with Gasteiger partial charge in [0, 0.05) is 12.6 Å². The van der Waals surface area contributed by atoms with Gasteiger partial charge in [0.15, 0.2) is 0 Å². The van der Waals surface area contributed by atoms with Crippen LogP contribution in [0.4, 0.5) is 0 Å². The summed E-state index contributed by atoms with van der Waals surface area (Å²) in [5.74, 6) is -0.0280. The zero-order valence-corrected chi connectivity index (χ0v) is 8.26. The average molecular weight is 186 g/mol. The van der Waals surface area contributed by atoms with Gasteiger partial charge in [0.25, 0.3) is 0 Å². The Morgan fingerprint density at radius 2 is 2.23 bits per heavy atom. The van der Waals surface area contributed by atoms with Crippen molar-refractivity contribution >= 4 is 5.91 Å².